The molecule has 2 bridgehead atoms. The van der Waals surface area contributed by atoms with Crippen molar-refractivity contribution in [2.24, 2.45) is 11.8 Å². The van der Waals surface area contributed by atoms with Crippen molar-refractivity contribution < 1.29 is 9.59 Å². The monoisotopic (exact) mass is 555 g/mol. The van der Waals surface area contributed by atoms with Crippen molar-refractivity contribution in [1.29, 1.82) is 0 Å². The number of carbonyl (C=O) groups is 2. The van der Waals surface area contributed by atoms with Crippen LogP contribution >= 0.6 is 38.5 Å². The predicted molar refractivity (Wildman–Crippen MR) is 123 cm³/mol. The number of carbonyl (C=O) groups excluding carboxylic acids is 2. The molecule has 1 saturated heterocycles. The van der Waals surface area contributed by atoms with E-state index in [2.05, 4.69) is 62.8 Å². The molecule has 1 heterocycles. The molecule has 2 amide bonds. The van der Waals surface area contributed by atoms with E-state index in [4.69, 9.17) is 0 Å². The summed E-state index contributed by atoms with van der Waals surface area (Å²) in [5.74, 6) is -1.17. The Kier molecular flexibility index (Phi) is 3.70. The average Bonchev–Trinajstić information content (AvgIpc) is 3.00. The Labute approximate surface area is 190 Å². The summed E-state index contributed by atoms with van der Waals surface area (Å²) in [6, 6.07) is 24.1. The standard InChI is InChI=1S/C24H15BrINO2/c25-24-17-10-3-1-8-15(17)19(16-9-2-4-11-18(16)24)20-21(24)23(29)27(22(20)28)14-7-5-6-13(26)12-14/h1-12,19-21H/t19?,20-,21-,24?/m1/s1. The van der Waals surface area contributed by atoms with Gasteiger partial charge in [0.05, 0.1) is 21.8 Å². The first-order chi connectivity index (χ1) is 14.0. The van der Waals surface area contributed by atoms with E-state index >= 15 is 0 Å². The Balaban J connectivity index is 1.63. The number of hydrogen-bond acceptors (Lipinski definition) is 2. The summed E-state index contributed by atoms with van der Waals surface area (Å²) in [4.78, 5) is 28.9. The number of amides is 2. The summed E-state index contributed by atoms with van der Waals surface area (Å²) >= 11 is 6.23. The second-order valence-electron chi connectivity index (χ2n) is 7.86. The van der Waals surface area contributed by atoms with Gasteiger partial charge in [0.25, 0.3) is 0 Å². The van der Waals surface area contributed by atoms with Gasteiger partial charge in [0.2, 0.25) is 11.8 Å². The van der Waals surface area contributed by atoms with Gasteiger partial charge >= 0.3 is 0 Å². The van der Waals surface area contributed by atoms with Gasteiger partial charge in [-0.1, -0.05) is 70.5 Å². The van der Waals surface area contributed by atoms with Gasteiger partial charge in [-0.05, 0) is 63.0 Å². The van der Waals surface area contributed by atoms with Crippen LogP contribution in [0, 0.1) is 15.4 Å². The normalized spacial score (nSPS) is 28.9. The number of rotatable bonds is 1. The summed E-state index contributed by atoms with van der Waals surface area (Å²) in [5, 5.41) is 0. The van der Waals surface area contributed by atoms with Crippen molar-refractivity contribution in [2.45, 2.75) is 10.2 Å². The second kappa shape index (κ2) is 6.01. The Morgan fingerprint density at radius 3 is 2.07 bits per heavy atom. The highest BCUT2D eigenvalue weighted by molar-refractivity contribution is 14.1. The number of nitrogens with zero attached hydrogens (tertiary/aromatic N) is 1. The van der Waals surface area contributed by atoms with Gasteiger partial charge in [-0.3, -0.25) is 9.59 Å². The second-order valence-corrected chi connectivity index (χ2v) is 10.4. The molecule has 142 valence electrons. The van der Waals surface area contributed by atoms with E-state index in [-0.39, 0.29) is 17.7 Å². The first-order valence-corrected chi connectivity index (χ1v) is 11.4. The zero-order valence-corrected chi connectivity index (χ0v) is 18.9. The van der Waals surface area contributed by atoms with Crippen LogP contribution in [0.5, 0.6) is 0 Å². The van der Waals surface area contributed by atoms with Crippen LogP contribution in [0.4, 0.5) is 5.69 Å². The molecule has 5 heteroatoms. The minimum atomic E-state index is -0.691. The van der Waals surface area contributed by atoms with E-state index in [0.717, 1.165) is 25.8 Å². The highest BCUT2D eigenvalue weighted by Crippen LogP contribution is 2.66. The van der Waals surface area contributed by atoms with Crippen LogP contribution in [0.3, 0.4) is 0 Å². The topological polar surface area (TPSA) is 37.4 Å². The Hall–Kier alpha value is -1.99. The van der Waals surface area contributed by atoms with Crippen molar-refractivity contribution in [2.75, 3.05) is 4.90 Å². The molecule has 3 aromatic carbocycles. The van der Waals surface area contributed by atoms with Gasteiger partial charge in [0.1, 0.15) is 0 Å². The predicted octanol–water partition coefficient (Wildman–Crippen LogP) is 5.19. The summed E-state index contributed by atoms with van der Waals surface area (Å²) in [6.45, 7) is 0. The van der Waals surface area contributed by atoms with Gasteiger partial charge in [-0.25, -0.2) is 4.90 Å². The van der Waals surface area contributed by atoms with Crippen molar-refractivity contribution in [1.82, 2.24) is 0 Å². The minimum Gasteiger partial charge on any atom is -0.274 e. The number of anilines is 1. The number of imide groups is 1. The van der Waals surface area contributed by atoms with E-state index in [1.165, 1.54) is 4.90 Å². The zero-order chi connectivity index (χ0) is 19.9. The molecule has 7 rings (SSSR count). The molecule has 0 saturated carbocycles. The fraction of sp³-hybridized carbons (Fsp3) is 0.167. The number of benzene rings is 3. The SMILES string of the molecule is O=C1[C@@H]2C3c4ccccc4C(Br)(c4ccccc43)[C@H]2C(=O)N1c1cccc(I)c1. The van der Waals surface area contributed by atoms with Gasteiger partial charge in [0, 0.05) is 9.49 Å². The van der Waals surface area contributed by atoms with Crippen LogP contribution in [-0.4, -0.2) is 11.8 Å². The largest absolute Gasteiger partial charge is 0.274 e. The molecule has 3 aromatic rings. The van der Waals surface area contributed by atoms with Crippen LogP contribution in [0.2, 0.25) is 0 Å². The molecule has 0 unspecified atom stereocenters. The molecule has 0 N–H and O–H groups in total. The van der Waals surface area contributed by atoms with E-state index < -0.39 is 16.2 Å². The van der Waals surface area contributed by atoms with Crippen LogP contribution < -0.4 is 4.90 Å². The van der Waals surface area contributed by atoms with Gasteiger partial charge in [0.15, 0.2) is 0 Å². The quantitative estimate of drug-likeness (QED) is 0.235. The van der Waals surface area contributed by atoms with Crippen molar-refractivity contribution in [3.05, 3.63) is 98.6 Å². The van der Waals surface area contributed by atoms with Crippen molar-refractivity contribution in [3.8, 4) is 0 Å². The van der Waals surface area contributed by atoms with Crippen LogP contribution in [0.25, 0.3) is 0 Å². The summed E-state index contributed by atoms with van der Waals surface area (Å²) in [5.41, 5.74) is 5.17. The number of alkyl halides is 1. The molecule has 3 aliphatic carbocycles. The highest BCUT2D eigenvalue weighted by atomic mass is 127. The van der Waals surface area contributed by atoms with Gasteiger partial charge in [-0.2, -0.15) is 0 Å². The van der Waals surface area contributed by atoms with Crippen LogP contribution in [0.1, 0.15) is 28.2 Å². The molecule has 0 aromatic heterocycles. The third-order valence-corrected chi connectivity index (χ3v) is 8.60. The smallest absolute Gasteiger partial charge is 0.239 e. The summed E-state index contributed by atoms with van der Waals surface area (Å²) in [7, 11) is 0. The minimum absolute atomic E-state index is 0.0974. The maximum atomic E-state index is 13.7. The zero-order valence-electron chi connectivity index (χ0n) is 15.2. The number of hydrogen-bond donors (Lipinski definition) is 0. The Morgan fingerprint density at radius 1 is 0.828 bits per heavy atom. The summed E-state index contributed by atoms with van der Waals surface area (Å²) < 4.78 is 0.307. The third-order valence-electron chi connectivity index (χ3n) is 6.58. The van der Waals surface area contributed by atoms with E-state index in [9.17, 15) is 9.59 Å². The highest BCUT2D eigenvalue weighted by Gasteiger charge is 2.67. The molecule has 3 nitrogen and oxygen atoms in total. The third kappa shape index (κ3) is 2.12. The van der Waals surface area contributed by atoms with Crippen molar-refractivity contribution in [3.63, 3.8) is 0 Å². The first-order valence-electron chi connectivity index (χ1n) is 9.54. The molecule has 29 heavy (non-hydrogen) atoms. The molecule has 2 atom stereocenters. The first kappa shape index (κ1) is 17.8. The Bertz CT molecular complexity index is 1180. The lowest BCUT2D eigenvalue weighted by Crippen LogP contribution is -2.50. The summed E-state index contributed by atoms with van der Waals surface area (Å²) in [6.07, 6.45) is 0. The molecular weight excluding hydrogens is 541 g/mol. The lowest BCUT2D eigenvalue weighted by molar-refractivity contribution is -0.122. The van der Waals surface area contributed by atoms with E-state index in [1.54, 1.807) is 0 Å². The Morgan fingerprint density at radius 2 is 1.45 bits per heavy atom. The fourth-order valence-electron chi connectivity index (χ4n) is 5.55. The maximum absolute atomic E-state index is 13.7. The lowest BCUT2D eigenvalue weighted by atomic mass is 9.55. The van der Waals surface area contributed by atoms with Gasteiger partial charge in [-0.15, -0.1) is 0 Å². The lowest BCUT2D eigenvalue weighted by Gasteiger charge is -2.51. The van der Waals surface area contributed by atoms with E-state index in [1.807, 2.05) is 48.5 Å². The maximum Gasteiger partial charge on any atom is 0.239 e. The number of halogens is 2. The van der Waals surface area contributed by atoms with Crippen LogP contribution in [0.15, 0.2) is 72.8 Å². The van der Waals surface area contributed by atoms with E-state index in [0.29, 0.717) is 5.69 Å². The average molecular weight is 556 g/mol. The molecule has 0 radical (unpaired) electrons. The van der Waals surface area contributed by atoms with Crippen molar-refractivity contribution >= 4 is 56.0 Å². The fourth-order valence-corrected chi connectivity index (χ4v) is 7.28. The molecule has 1 fully saturated rings. The van der Waals surface area contributed by atoms with Gasteiger partial charge < -0.3 is 0 Å². The molecule has 4 aliphatic rings. The molecular formula is C24H15BrINO2. The van der Waals surface area contributed by atoms with Crippen LogP contribution in [-0.2, 0) is 13.9 Å². The molecule has 1 aliphatic heterocycles. The molecule has 0 spiro atoms.